The van der Waals surface area contributed by atoms with Crippen molar-refractivity contribution < 1.29 is 19.2 Å². The Labute approximate surface area is 245 Å². The number of carbonyl (C=O) groups excluding carboxylic acids is 4. The molecule has 3 aromatic rings. The Morgan fingerprint density at radius 1 is 1.00 bits per heavy atom. The first-order chi connectivity index (χ1) is 19.7. The second kappa shape index (κ2) is 10.3. The predicted molar refractivity (Wildman–Crippen MR) is 162 cm³/mol. The second-order valence-corrected chi connectivity index (χ2v) is 12.2. The fourth-order valence-electron chi connectivity index (χ4n) is 5.59. The maximum Gasteiger partial charge on any atom is 0.332 e. The molecule has 0 bridgehead atoms. The van der Waals surface area contributed by atoms with Crippen LogP contribution in [0.25, 0.3) is 0 Å². The molecule has 2 aliphatic rings. The van der Waals surface area contributed by atoms with Gasteiger partial charge in [-0.1, -0.05) is 26.0 Å². The molecule has 1 aromatic heterocycles. The number of hydrogen-bond acceptors (Lipinski definition) is 6. The number of anilines is 4. The van der Waals surface area contributed by atoms with Crippen LogP contribution in [0.2, 0.25) is 0 Å². The van der Waals surface area contributed by atoms with Crippen LogP contribution in [0.1, 0.15) is 56.1 Å². The molecule has 10 nitrogen and oxygen atoms in total. The van der Waals surface area contributed by atoms with Gasteiger partial charge in [0, 0.05) is 62.7 Å². The lowest BCUT2D eigenvalue weighted by Crippen LogP contribution is -2.43. The highest BCUT2D eigenvalue weighted by Gasteiger charge is 2.52. The number of benzene rings is 2. The van der Waals surface area contributed by atoms with Gasteiger partial charge >= 0.3 is 6.03 Å². The fraction of sp³-hybridized carbons (Fsp3) is 0.344. The first-order valence-electron chi connectivity index (χ1n) is 13.8. The van der Waals surface area contributed by atoms with Crippen molar-refractivity contribution in [3.8, 4) is 0 Å². The maximum absolute atomic E-state index is 13.8. The van der Waals surface area contributed by atoms with E-state index in [9.17, 15) is 19.2 Å². The molecule has 218 valence electrons. The van der Waals surface area contributed by atoms with E-state index in [0.29, 0.717) is 29.3 Å². The summed E-state index contributed by atoms with van der Waals surface area (Å²) in [5.74, 6) is 0.0117. The van der Waals surface area contributed by atoms with Gasteiger partial charge < -0.3 is 20.0 Å². The third-order valence-corrected chi connectivity index (χ3v) is 7.97. The summed E-state index contributed by atoms with van der Waals surface area (Å²) in [4.78, 5) is 62.6. The quantitative estimate of drug-likeness (QED) is 0.423. The van der Waals surface area contributed by atoms with Crippen molar-refractivity contribution in [2.75, 3.05) is 35.8 Å². The number of pyridine rings is 1. The van der Waals surface area contributed by atoms with Gasteiger partial charge in [-0.2, -0.15) is 0 Å². The van der Waals surface area contributed by atoms with Gasteiger partial charge in [0.2, 0.25) is 5.91 Å². The predicted octanol–water partition coefficient (Wildman–Crippen LogP) is 4.92. The summed E-state index contributed by atoms with van der Waals surface area (Å²) in [5.41, 5.74) is 2.85. The summed E-state index contributed by atoms with van der Waals surface area (Å²) in [6, 6.07) is 15.8. The summed E-state index contributed by atoms with van der Waals surface area (Å²) >= 11 is 0. The largest absolute Gasteiger partial charge is 0.345 e. The molecule has 2 aromatic carbocycles. The molecule has 5 rings (SSSR count). The van der Waals surface area contributed by atoms with Crippen LogP contribution >= 0.6 is 0 Å². The third kappa shape index (κ3) is 4.97. The third-order valence-electron chi connectivity index (χ3n) is 7.97. The van der Waals surface area contributed by atoms with E-state index < -0.39 is 11.6 Å². The normalized spacial score (nSPS) is 17.0. The van der Waals surface area contributed by atoms with Crippen molar-refractivity contribution in [2.24, 2.45) is 0 Å². The SMILES string of the molecule is CC(=O)N1CC(C)(C)c2ccc(N3C(=O)N(Cc4ccnc(Nc5cccc(C(=O)N(C)C)c5)c4)C(C)(C)C3=O)cc21. The topological polar surface area (TPSA) is 106 Å². The Bertz CT molecular complexity index is 1610. The molecule has 2 aliphatic heterocycles. The molecule has 0 saturated carbocycles. The number of hydrogen-bond donors (Lipinski definition) is 1. The van der Waals surface area contributed by atoms with E-state index in [1.807, 2.05) is 18.2 Å². The highest BCUT2D eigenvalue weighted by molar-refractivity contribution is 6.23. The molecule has 1 N–H and O–H groups in total. The molecule has 0 radical (unpaired) electrons. The first-order valence-corrected chi connectivity index (χ1v) is 13.8. The maximum atomic E-state index is 13.8. The van der Waals surface area contributed by atoms with E-state index >= 15 is 0 Å². The number of carbonyl (C=O) groups is 4. The lowest BCUT2D eigenvalue weighted by molar-refractivity contribution is -0.123. The number of rotatable bonds is 6. The van der Waals surface area contributed by atoms with Crippen LogP contribution in [-0.2, 0) is 21.5 Å². The van der Waals surface area contributed by atoms with Gasteiger partial charge in [-0.25, -0.2) is 14.7 Å². The monoisotopic (exact) mass is 568 g/mol. The molecule has 0 spiro atoms. The van der Waals surface area contributed by atoms with Crippen LogP contribution in [0.5, 0.6) is 0 Å². The standard InChI is InChI=1S/C32H36N6O4/c1-20(39)36-19-31(2,3)25-12-11-24(17-26(25)36)38-29(41)32(4,5)37(30(38)42)18-21-13-14-33-27(15-21)34-23-10-8-9-22(16-23)28(40)35(6)7/h8-17H,18-19H2,1-7H3,(H,33,34). The lowest BCUT2D eigenvalue weighted by Gasteiger charge is -2.27. The number of nitrogens with zero attached hydrogens (tertiary/aromatic N) is 5. The first kappa shape index (κ1) is 28.8. The fourth-order valence-corrected chi connectivity index (χ4v) is 5.59. The molecule has 42 heavy (non-hydrogen) atoms. The zero-order chi connectivity index (χ0) is 30.6. The van der Waals surface area contributed by atoms with Gasteiger partial charge in [0.1, 0.15) is 11.4 Å². The van der Waals surface area contributed by atoms with Gasteiger partial charge in [0.15, 0.2) is 0 Å². The highest BCUT2D eigenvalue weighted by Crippen LogP contribution is 2.44. The van der Waals surface area contributed by atoms with Gasteiger partial charge in [-0.05, 0) is 67.4 Å². The minimum Gasteiger partial charge on any atom is -0.345 e. The smallest absolute Gasteiger partial charge is 0.332 e. The van der Waals surface area contributed by atoms with Crippen LogP contribution in [-0.4, -0.2) is 64.7 Å². The Kier molecular flexibility index (Phi) is 7.04. The highest BCUT2D eigenvalue weighted by atomic mass is 16.2. The summed E-state index contributed by atoms with van der Waals surface area (Å²) in [6.45, 7) is 9.86. The molecule has 1 fully saturated rings. The minimum atomic E-state index is -1.10. The summed E-state index contributed by atoms with van der Waals surface area (Å²) in [5, 5.41) is 3.23. The zero-order valence-electron chi connectivity index (χ0n) is 25.1. The molecular formula is C32H36N6O4. The number of amides is 5. The number of aromatic nitrogens is 1. The van der Waals surface area contributed by atoms with E-state index in [1.54, 1.807) is 80.3 Å². The van der Waals surface area contributed by atoms with Crippen LogP contribution < -0.4 is 15.1 Å². The molecule has 10 heteroatoms. The van der Waals surface area contributed by atoms with Gasteiger partial charge in [0.25, 0.3) is 11.8 Å². The average Bonchev–Trinajstić information content (AvgIpc) is 3.30. The zero-order valence-corrected chi connectivity index (χ0v) is 25.1. The van der Waals surface area contributed by atoms with Crippen molar-refractivity contribution in [2.45, 2.75) is 52.1 Å². The van der Waals surface area contributed by atoms with E-state index in [4.69, 9.17) is 0 Å². The van der Waals surface area contributed by atoms with E-state index in [-0.39, 0.29) is 29.7 Å². The van der Waals surface area contributed by atoms with Crippen molar-refractivity contribution in [3.63, 3.8) is 0 Å². The Balaban J connectivity index is 1.39. The average molecular weight is 569 g/mol. The van der Waals surface area contributed by atoms with E-state index in [0.717, 1.165) is 16.8 Å². The Hall–Kier alpha value is -4.73. The Morgan fingerprint density at radius 3 is 2.43 bits per heavy atom. The Morgan fingerprint density at radius 2 is 1.74 bits per heavy atom. The van der Waals surface area contributed by atoms with Crippen LogP contribution in [0.4, 0.5) is 27.7 Å². The van der Waals surface area contributed by atoms with Crippen molar-refractivity contribution >= 4 is 46.6 Å². The van der Waals surface area contributed by atoms with Gasteiger partial charge in [0.05, 0.1) is 5.69 Å². The van der Waals surface area contributed by atoms with Crippen LogP contribution in [0, 0.1) is 0 Å². The van der Waals surface area contributed by atoms with Gasteiger partial charge in [-0.3, -0.25) is 14.4 Å². The summed E-state index contributed by atoms with van der Waals surface area (Å²) in [6.07, 6.45) is 1.64. The van der Waals surface area contributed by atoms with Crippen LogP contribution in [0.15, 0.2) is 60.8 Å². The summed E-state index contributed by atoms with van der Waals surface area (Å²) in [7, 11) is 3.40. The molecule has 1 saturated heterocycles. The van der Waals surface area contributed by atoms with Crippen LogP contribution in [0.3, 0.4) is 0 Å². The second-order valence-electron chi connectivity index (χ2n) is 12.2. The number of imide groups is 1. The molecule has 0 aliphatic carbocycles. The molecule has 0 atom stereocenters. The lowest BCUT2D eigenvalue weighted by atomic mass is 9.87. The molecule has 3 heterocycles. The van der Waals surface area contributed by atoms with E-state index in [1.165, 1.54) is 16.7 Å². The molecule has 5 amide bonds. The van der Waals surface area contributed by atoms with Crippen molar-refractivity contribution in [1.29, 1.82) is 0 Å². The van der Waals surface area contributed by atoms with E-state index in [2.05, 4.69) is 24.1 Å². The number of nitrogens with one attached hydrogen (secondary N) is 1. The van der Waals surface area contributed by atoms with Gasteiger partial charge in [-0.15, -0.1) is 0 Å². The van der Waals surface area contributed by atoms with Crippen molar-refractivity contribution in [1.82, 2.24) is 14.8 Å². The number of fused-ring (bicyclic) bond motifs is 1. The minimum absolute atomic E-state index is 0.0851. The molecular weight excluding hydrogens is 532 g/mol. The molecule has 0 unspecified atom stereocenters. The van der Waals surface area contributed by atoms with Crippen molar-refractivity contribution in [3.05, 3.63) is 77.5 Å². The number of urea groups is 1. The summed E-state index contributed by atoms with van der Waals surface area (Å²) < 4.78 is 0.